The third kappa shape index (κ3) is 2.20. The monoisotopic (exact) mass is 170 g/mol. The second kappa shape index (κ2) is 3.35. The second-order valence-corrected chi connectivity index (χ2v) is 4.98. The molecule has 0 saturated carbocycles. The lowest BCUT2D eigenvalue weighted by atomic mass is 9.93. The van der Waals surface area contributed by atoms with Crippen molar-refractivity contribution in [2.45, 2.75) is 46.2 Å². The third-order valence-electron chi connectivity index (χ3n) is 3.04. The maximum absolute atomic E-state index is 5.86. The van der Waals surface area contributed by atoms with E-state index in [1.165, 1.54) is 19.5 Å². The highest BCUT2D eigenvalue weighted by Crippen LogP contribution is 2.30. The summed E-state index contributed by atoms with van der Waals surface area (Å²) in [6.07, 6.45) is 1.31. The zero-order valence-corrected chi connectivity index (χ0v) is 8.80. The van der Waals surface area contributed by atoms with Gasteiger partial charge in [0.25, 0.3) is 0 Å². The first-order chi connectivity index (χ1) is 5.42. The zero-order valence-electron chi connectivity index (χ0n) is 8.80. The Labute approximate surface area is 76.1 Å². The lowest BCUT2D eigenvalue weighted by Crippen LogP contribution is -2.43. The molecule has 1 aliphatic rings. The van der Waals surface area contributed by atoms with E-state index >= 15 is 0 Å². The summed E-state index contributed by atoms with van der Waals surface area (Å²) in [7, 11) is 0. The molecule has 0 radical (unpaired) electrons. The van der Waals surface area contributed by atoms with Crippen LogP contribution in [0.2, 0.25) is 0 Å². The van der Waals surface area contributed by atoms with Crippen molar-refractivity contribution in [1.82, 2.24) is 4.90 Å². The number of likely N-dealkylation sites (tertiary alicyclic amines) is 1. The van der Waals surface area contributed by atoms with Crippen molar-refractivity contribution in [3.63, 3.8) is 0 Å². The summed E-state index contributed by atoms with van der Waals surface area (Å²) in [6, 6.07) is 0.825. The van der Waals surface area contributed by atoms with Crippen LogP contribution in [-0.2, 0) is 0 Å². The quantitative estimate of drug-likeness (QED) is 0.679. The average molecular weight is 170 g/mol. The molecular formula is C10H22N2. The highest BCUT2D eigenvalue weighted by atomic mass is 15.2. The first-order valence-electron chi connectivity index (χ1n) is 4.92. The molecule has 2 atom stereocenters. The number of hydrogen-bond acceptors (Lipinski definition) is 2. The van der Waals surface area contributed by atoms with Gasteiger partial charge in [-0.15, -0.1) is 0 Å². The van der Waals surface area contributed by atoms with Crippen LogP contribution in [0.4, 0.5) is 0 Å². The predicted molar refractivity (Wildman–Crippen MR) is 53.1 cm³/mol. The minimum Gasteiger partial charge on any atom is -0.327 e. The molecule has 0 aromatic carbocycles. The molecule has 1 aliphatic heterocycles. The van der Waals surface area contributed by atoms with Crippen molar-refractivity contribution in [3.8, 4) is 0 Å². The van der Waals surface area contributed by atoms with E-state index in [1.54, 1.807) is 0 Å². The Kier molecular flexibility index (Phi) is 2.79. The van der Waals surface area contributed by atoms with Gasteiger partial charge in [0.05, 0.1) is 0 Å². The molecule has 12 heavy (non-hydrogen) atoms. The van der Waals surface area contributed by atoms with Crippen LogP contribution in [0.25, 0.3) is 0 Å². The zero-order chi connectivity index (χ0) is 9.35. The summed E-state index contributed by atoms with van der Waals surface area (Å²) in [5, 5.41) is 0. The molecule has 0 spiro atoms. The van der Waals surface area contributed by atoms with Crippen LogP contribution in [0.1, 0.15) is 34.1 Å². The van der Waals surface area contributed by atoms with Gasteiger partial charge in [0.1, 0.15) is 0 Å². The molecule has 2 N–H and O–H groups in total. The summed E-state index contributed by atoms with van der Waals surface area (Å²) in [5.74, 6) is 0. The summed E-state index contributed by atoms with van der Waals surface area (Å²) in [6.45, 7) is 11.4. The lowest BCUT2D eigenvalue weighted by molar-refractivity contribution is 0.209. The van der Waals surface area contributed by atoms with Gasteiger partial charge in [-0.2, -0.15) is 0 Å². The normalized spacial score (nSPS) is 28.8. The molecule has 0 aromatic heterocycles. The predicted octanol–water partition coefficient (Wildman–Crippen LogP) is 1.45. The van der Waals surface area contributed by atoms with Crippen LogP contribution >= 0.6 is 0 Å². The first kappa shape index (κ1) is 10.0. The Hall–Kier alpha value is -0.0800. The Morgan fingerprint density at radius 2 is 1.92 bits per heavy atom. The molecule has 1 heterocycles. The maximum atomic E-state index is 5.86. The van der Waals surface area contributed by atoms with Crippen molar-refractivity contribution in [2.75, 3.05) is 13.1 Å². The molecule has 0 aromatic rings. The van der Waals surface area contributed by atoms with Crippen LogP contribution in [-0.4, -0.2) is 30.1 Å². The fraction of sp³-hybridized carbons (Fsp3) is 1.00. The van der Waals surface area contributed by atoms with Crippen LogP contribution < -0.4 is 5.73 Å². The van der Waals surface area contributed by atoms with Crippen LogP contribution in [0, 0.1) is 5.41 Å². The van der Waals surface area contributed by atoms with E-state index in [0.717, 1.165) is 0 Å². The van der Waals surface area contributed by atoms with Crippen LogP contribution in [0.15, 0.2) is 0 Å². The third-order valence-corrected chi connectivity index (χ3v) is 3.04. The summed E-state index contributed by atoms with van der Waals surface area (Å²) in [5.41, 5.74) is 6.37. The number of rotatable bonds is 2. The number of hydrogen-bond donors (Lipinski definition) is 1. The molecule has 0 aliphatic carbocycles. The van der Waals surface area contributed by atoms with E-state index < -0.39 is 0 Å². The van der Waals surface area contributed by atoms with E-state index in [2.05, 4.69) is 32.6 Å². The van der Waals surface area contributed by atoms with Gasteiger partial charge >= 0.3 is 0 Å². The maximum Gasteiger partial charge on any atom is 0.0216 e. The second-order valence-electron chi connectivity index (χ2n) is 4.98. The summed E-state index contributed by atoms with van der Waals surface area (Å²) in [4.78, 5) is 2.50. The first-order valence-corrected chi connectivity index (χ1v) is 4.92. The molecule has 2 heteroatoms. The van der Waals surface area contributed by atoms with E-state index in [1.807, 2.05) is 0 Å². The van der Waals surface area contributed by atoms with Gasteiger partial charge in [0.2, 0.25) is 0 Å². The lowest BCUT2D eigenvalue weighted by Gasteiger charge is -2.28. The standard InChI is InChI=1S/C10H22N2/c1-8(11)9(2)12-6-5-10(3,4)7-12/h8-9H,5-7,11H2,1-4H3. The number of nitrogens with zero attached hydrogens (tertiary/aromatic N) is 1. The molecule has 1 fully saturated rings. The SMILES string of the molecule is CC(N)C(C)N1CCC(C)(C)C1. The smallest absolute Gasteiger partial charge is 0.0216 e. The topological polar surface area (TPSA) is 29.3 Å². The molecule has 2 unspecified atom stereocenters. The molecular weight excluding hydrogens is 148 g/mol. The van der Waals surface area contributed by atoms with E-state index in [0.29, 0.717) is 17.5 Å². The Morgan fingerprint density at radius 1 is 1.33 bits per heavy atom. The van der Waals surface area contributed by atoms with Gasteiger partial charge in [-0.3, -0.25) is 4.90 Å². The van der Waals surface area contributed by atoms with Crippen molar-refractivity contribution < 1.29 is 0 Å². The highest BCUT2D eigenvalue weighted by molar-refractivity contribution is 4.87. The van der Waals surface area contributed by atoms with E-state index in [4.69, 9.17) is 5.73 Å². The Bertz CT molecular complexity index is 152. The van der Waals surface area contributed by atoms with E-state index in [9.17, 15) is 0 Å². The Balaban J connectivity index is 2.47. The van der Waals surface area contributed by atoms with Crippen molar-refractivity contribution in [1.29, 1.82) is 0 Å². The largest absolute Gasteiger partial charge is 0.327 e. The fourth-order valence-electron chi connectivity index (χ4n) is 1.83. The minimum absolute atomic E-state index is 0.291. The van der Waals surface area contributed by atoms with Gasteiger partial charge in [-0.05, 0) is 32.2 Å². The van der Waals surface area contributed by atoms with Gasteiger partial charge in [-0.1, -0.05) is 13.8 Å². The van der Waals surface area contributed by atoms with Gasteiger partial charge in [0, 0.05) is 18.6 Å². The van der Waals surface area contributed by atoms with Gasteiger partial charge in [-0.25, -0.2) is 0 Å². The van der Waals surface area contributed by atoms with Gasteiger partial charge in [0.15, 0.2) is 0 Å². The van der Waals surface area contributed by atoms with Crippen molar-refractivity contribution >= 4 is 0 Å². The molecule has 2 nitrogen and oxygen atoms in total. The Morgan fingerprint density at radius 3 is 2.25 bits per heavy atom. The highest BCUT2D eigenvalue weighted by Gasteiger charge is 2.32. The van der Waals surface area contributed by atoms with Crippen LogP contribution in [0.3, 0.4) is 0 Å². The van der Waals surface area contributed by atoms with Crippen LogP contribution in [0.5, 0.6) is 0 Å². The molecule has 1 rings (SSSR count). The summed E-state index contributed by atoms with van der Waals surface area (Å²) < 4.78 is 0. The van der Waals surface area contributed by atoms with Gasteiger partial charge < -0.3 is 5.73 Å². The number of nitrogens with two attached hydrogens (primary N) is 1. The molecule has 1 saturated heterocycles. The fourth-order valence-corrected chi connectivity index (χ4v) is 1.83. The average Bonchev–Trinajstić information content (AvgIpc) is 2.28. The van der Waals surface area contributed by atoms with Crippen molar-refractivity contribution in [2.24, 2.45) is 11.1 Å². The molecule has 72 valence electrons. The molecule has 0 amide bonds. The van der Waals surface area contributed by atoms with E-state index in [-0.39, 0.29) is 0 Å². The molecule has 0 bridgehead atoms. The minimum atomic E-state index is 0.291. The van der Waals surface area contributed by atoms with Crippen molar-refractivity contribution in [3.05, 3.63) is 0 Å². The summed E-state index contributed by atoms with van der Waals surface area (Å²) >= 11 is 0.